The molecule has 1 N–H and O–H groups in total. The van der Waals surface area contributed by atoms with Crippen LogP contribution in [0.3, 0.4) is 0 Å². The van der Waals surface area contributed by atoms with Crippen molar-refractivity contribution in [2.45, 2.75) is 75.6 Å². The van der Waals surface area contributed by atoms with Gasteiger partial charge in [0.25, 0.3) is 0 Å². The summed E-state index contributed by atoms with van der Waals surface area (Å²) in [6.07, 6.45) is 9.52. The van der Waals surface area contributed by atoms with Crippen LogP contribution in [0.15, 0.2) is 30.3 Å². The van der Waals surface area contributed by atoms with Gasteiger partial charge in [0.2, 0.25) is 0 Å². The van der Waals surface area contributed by atoms with E-state index in [1.807, 2.05) is 0 Å². The number of nitrogens with zero attached hydrogens (tertiary/aromatic N) is 1. The van der Waals surface area contributed by atoms with E-state index < -0.39 is 5.60 Å². The standard InChI is InChI=1S/C21H31NO2/c23-21(11-17-7-3-1-4-8-17)12-19-15-24-16-20(13-21)22(19)14-18-9-5-2-6-10-18/h2,5-6,9-10,17,19-20,23H,1,3-4,7-8,11-16H2. The number of rotatable bonds is 4. The fraction of sp³-hybridized carbons (Fsp3) is 0.714. The molecular formula is C21H31NO2. The van der Waals surface area contributed by atoms with Gasteiger partial charge < -0.3 is 9.84 Å². The summed E-state index contributed by atoms with van der Waals surface area (Å²) in [5.74, 6) is 0.742. The van der Waals surface area contributed by atoms with Gasteiger partial charge in [0, 0.05) is 18.6 Å². The molecule has 2 saturated heterocycles. The average Bonchev–Trinajstić information content (AvgIpc) is 2.58. The van der Waals surface area contributed by atoms with Crippen LogP contribution >= 0.6 is 0 Å². The van der Waals surface area contributed by atoms with Crippen LogP contribution < -0.4 is 0 Å². The zero-order valence-electron chi connectivity index (χ0n) is 14.7. The Morgan fingerprint density at radius 3 is 2.33 bits per heavy atom. The van der Waals surface area contributed by atoms with Crippen LogP contribution in [0.4, 0.5) is 0 Å². The fourth-order valence-electron chi connectivity index (χ4n) is 5.29. The molecule has 1 aromatic rings. The zero-order valence-corrected chi connectivity index (χ0v) is 14.7. The van der Waals surface area contributed by atoms with E-state index in [2.05, 4.69) is 35.2 Å². The first-order chi connectivity index (χ1) is 11.7. The molecule has 24 heavy (non-hydrogen) atoms. The van der Waals surface area contributed by atoms with Crippen LogP contribution in [0, 0.1) is 5.92 Å². The predicted molar refractivity (Wildman–Crippen MR) is 95.8 cm³/mol. The molecule has 3 heteroatoms. The van der Waals surface area contributed by atoms with E-state index in [1.165, 1.54) is 37.7 Å². The third kappa shape index (κ3) is 3.68. The number of ether oxygens (including phenoxy) is 1. The SMILES string of the molecule is OC1(CC2CCCCC2)CC2COCC(C1)N2Cc1ccccc1. The van der Waals surface area contributed by atoms with Crippen molar-refractivity contribution in [3.63, 3.8) is 0 Å². The number of fused-ring (bicyclic) bond motifs is 2. The van der Waals surface area contributed by atoms with E-state index in [4.69, 9.17) is 4.74 Å². The molecule has 2 aliphatic heterocycles. The summed E-state index contributed by atoms with van der Waals surface area (Å²) in [6, 6.07) is 11.5. The maximum absolute atomic E-state index is 11.3. The molecule has 132 valence electrons. The Labute approximate surface area is 146 Å². The molecule has 2 unspecified atom stereocenters. The predicted octanol–water partition coefficient (Wildman–Crippen LogP) is 3.75. The smallest absolute Gasteiger partial charge is 0.0682 e. The lowest BCUT2D eigenvalue weighted by Crippen LogP contribution is -2.61. The Bertz CT molecular complexity index is 512. The molecule has 1 aromatic carbocycles. The van der Waals surface area contributed by atoms with Crippen molar-refractivity contribution in [2.75, 3.05) is 13.2 Å². The van der Waals surface area contributed by atoms with Gasteiger partial charge in [-0.05, 0) is 30.7 Å². The van der Waals surface area contributed by atoms with Crippen LogP contribution in [0.25, 0.3) is 0 Å². The summed E-state index contributed by atoms with van der Waals surface area (Å²) < 4.78 is 5.83. The van der Waals surface area contributed by atoms with Crippen LogP contribution in [0.2, 0.25) is 0 Å². The van der Waals surface area contributed by atoms with E-state index in [-0.39, 0.29) is 0 Å². The largest absolute Gasteiger partial charge is 0.390 e. The van der Waals surface area contributed by atoms with Crippen molar-refractivity contribution in [3.05, 3.63) is 35.9 Å². The number of aliphatic hydroxyl groups is 1. The molecule has 3 aliphatic rings. The summed E-state index contributed by atoms with van der Waals surface area (Å²) in [4.78, 5) is 2.59. The number of morpholine rings is 1. The van der Waals surface area contributed by atoms with Crippen molar-refractivity contribution in [3.8, 4) is 0 Å². The average molecular weight is 329 g/mol. The highest BCUT2D eigenvalue weighted by atomic mass is 16.5. The lowest BCUT2D eigenvalue weighted by molar-refractivity contribution is -0.152. The molecule has 2 heterocycles. The molecule has 1 saturated carbocycles. The minimum atomic E-state index is -0.464. The molecule has 3 nitrogen and oxygen atoms in total. The minimum absolute atomic E-state index is 0.367. The summed E-state index contributed by atoms with van der Waals surface area (Å²) >= 11 is 0. The van der Waals surface area contributed by atoms with Crippen molar-refractivity contribution < 1.29 is 9.84 Å². The Kier molecular flexibility index (Phi) is 4.93. The number of hydrogen-bond acceptors (Lipinski definition) is 3. The third-order valence-electron chi connectivity index (χ3n) is 6.39. The highest BCUT2D eigenvalue weighted by Crippen LogP contribution is 2.41. The lowest BCUT2D eigenvalue weighted by Gasteiger charge is -2.52. The van der Waals surface area contributed by atoms with Crippen LogP contribution in [-0.2, 0) is 11.3 Å². The number of piperidine rings is 1. The Balaban J connectivity index is 1.43. The molecule has 0 radical (unpaired) electrons. The molecule has 2 atom stereocenters. The normalized spacial score (nSPS) is 35.0. The summed E-state index contributed by atoms with van der Waals surface area (Å²) in [5.41, 5.74) is 0.904. The minimum Gasteiger partial charge on any atom is -0.390 e. The summed E-state index contributed by atoms with van der Waals surface area (Å²) in [5, 5.41) is 11.3. The maximum atomic E-state index is 11.3. The molecule has 0 spiro atoms. The number of benzene rings is 1. The quantitative estimate of drug-likeness (QED) is 0.913. The highest BCUT2D eigenvalue weighted by molar-refractivity contribution is 5.15. The van der Waals surface area contributed by atoms with Crippen molar-refractivity contribution >= 4 is 0 Å². The van der Waals surface area contributed by atoms with Gasteiger partial charge in [-0.25, -0.2) is 0 Å². The van der Waals surface area contributed by atoms with Crippen LogP contribution in [-0.4, -0.2) is 40.9 Å². The summed E-state index contributed by atoms with van der Waals surface area (Å²) in [7, 11) is 0. The molecule has 1 aliphatic carbocycles. The highest BCUT2D eigenvalue weighted by Gasteiger charge is 2.46. The molecule has 0 aromatic heterocycles. The van der Waals surface area contributed by atoms with Gasteiger partial charge in [-0.1, -0.05) is 62.4 Å². The van der Waals surface area contributed by atoms with E-state index in [1.54, 1.807) is 0 Å². The van der Waals surface area contributed by atoms with E-state index in [0.29, 0.717) is 12.1 Å². The van der Waals surface area contributed by atoms with Gasteiger partial charge >= 0.3 is 0 Å². The second-order valence-corrected chi connectivity index (χ2v) is 8.34. The van der Waals surface area contributed by atoms with Gasteiger partial charge in [-0.2, -0.15) is 0 Å². The van der Waals surface area contributed by atoms with Gasteiger partial charge in [-0.15, -0.1) is 0 Å². The first kappa shape index (κ1) is 16.6. The first-order valence-electron chi connectivity index (χ1n) is 9.82. The molecule has 0 amide bonds. The van der Waals surface area contributed by atoms with Crippen molar-refractivity contribution in [1.82, 2.24) is 4.90 Å². The fourth-order valence-corrected chi connectivity index (χ4v) is 5.29. The first-order valence-corrected chi connectivity index (χ1v) is 9.82. The Hall–Kier alpha value is -0.900. The van der Waals surface area contributed by atoms with Gasteiger partial charge in [0.15, 0.2) is 0 Å². The van der Waals surface area contributed by atoms with Crippen molar-refractivity contribution in [1.29, 1.82) is 0 Å². The Morgan fingerprint density at radius 1 is 1.00 bits per heavy atom. The van der Waals surface area contributed by atoms with E-state index in [9.17, 15) is 5.11 Å². The monoisotopic (exact) mass is 329 g/mol. The molecule has 3 fully saturated rings. The zero-order chi connectivity index (χ0) is 16.4. The molecular weight excluding hydrogens is 298 g/mol. The maximum Gasteiger partial charge on any atom is 0.0682 e. The topological polar surface area (TPSA) is 32.7 Å². The molecule has 2 bridgehead atoms. The van der Waals surface area contributed by atoms with Crippen LogP contribution in [0.5, 0.6) is 0 Å². The van der Waals surface area contributed by atoms with Gasteiger partial charge in [0.1, 0.15) is 0 Å². The third-order valence-corrected chi connectivity index (χ3v) is 6.39. The number of hydrogen-bond donors (Lipinski definition) is 1. The van der Waals surface area contributed by atoms with Gasteiger partial charge in [-0.3, -0.25) is 4.90 Å². The second-order valence-electron chi connectivity index (χ2n) is 8.34. The van der Waals surface area contributed by atoms with Crippen LogP contribution in [0.1, 0.15) is 56.9 Å². The lowest BCUT2D eigenvalue weighted by atomic mass is 9.73. The van der Waals surface area contributed by atoms with Crippen molar-refractivity contribution in [2.24, 2.45) is 5.92 Å². The Morgan fingerprint density at radius 2 is 1.67 bits per heavy atom. The molecule has 4 rings (SSSR count). The van der Waals surface area contributed by atoms with E-state index >= 15 is 0 Å². The van der Waals surface area contributed by atoms with Gasteiger partial charge in [0.05, 0.1) is 18.8 Å². The second kappa shape index (κ2) is 7.15. The summed E-state index contributed by atoms with van der Waals surface area (Å²) in [6.45, 7) is 2.53. The van der Waals surface area contributed by atoms with E-state index in [0.717, 1.165) is 44.9 Å².